The molecule has 82 valence electrons. The molecule has 2 nitrogen and oxygen atoms in total. The van der Waals surface area contributed by atoms with Gasteiger partial charge in [-0.05, 0) is 27.2 Å². The quantitative estimate of drug-likeness (QED) is 0.624. The number of hydrogen-bond donors (Lipinski definition) is 0. The Bertz CT molecular complexity index is 187. The molecule has 0 aliphatic carbocycles. The van der Waals surface area contributed by atoms with Gasteiger partial charge >= 0.3 is 0 Å². The van der Waals surface area contributed by atoms with Crippen LogP contribution in [0.4, 0.5) is 0 Å². The van der Waals surface area contributed by atoms with E-state index in [1.807, 2.05) is 0 Å². The van der Waals surface area contributed by atoms with E-state index in [-0.39, 0.29) is 0 Å². The van der Waals surface area contributed by atoms with Crippen LogP contribution in [0.1, 0.15) is 47.0 Å². The van der Waals surface area contributed by atoms with Crippen LogP contribution in [0.3, 0.4) is 0 Å². The van der Waals surface area contributed by atoms with Crippen LogP contribution in [-0.4, -0.2) is 28.6 Å². The Morgan fingerprint density at radius 3 is 2.43 bits per heavy atom. The summed E-state index contributed by atoms with van der Waals surface area (Å²) in [5.41, 5.74) is 0. The summed E-state index contributed by atoms with van der Waals surface area (Å²) in [5.74, 6) is 0. The van der Waals surface area contributed by atoms with E-state index in [4.69, 9.17) is 0 Å². The lowest BCUT2D eigenvalue weighted by molar-refractivity contribution is 0.141. The summed E-state index contributed by atoms with van der Waals surface area (Å²) in [6.07, 6.45) is 8.98. The molecule has 0 aromatic carbocycles. The zero-order chi connectivity index (χ0) is 10.6. The van der Waals surface area contributed by atoms with Crippen LogP contribution in [0.15, 0.2) is 12.4 Å². The van der Waals surface area contributed by atoms with Crippen molar-refractivity contribution in [2.75, 3.05) is 6.54 Å². The van der Waals surface area contributed by atoms with E-state index in [1.165, 1.54) is 25.8 Å². The molecule has 1 aliphatic heterocycles. The van der Waals surface area contributed by atoms with Gasteiger partial charge in [0.15, 0.2) is 0 Å². The lowest BCUT2D eigenvalue weighted by Crippen LogP contribution is -2.39. The second kappa shape index (κ2) is 5.28. The SMILES string of the molecule is CCCCCN1C=CN(C(C)C)C1C. The van der Waals surface area contributed by atoms with Crippen LogP contribution in [-0.2, 0) is 0 Å². The topological polar surface area (TPSA) is 6.48 Å². The van der Waals surface area contributed by atoms with Crippen LogP contribution < -0.4 is 0 Å². The number of unbranched alkanes of at least 4 members (excludes halogenated alkanes) is 2. The normalized spacial score (nSPS) is 21.4. The first kappa shape index (κ1) is 11.4. The van der Waals surface area contributed by atoms with Gasteiger partial charge in [-0.25, -0.2) is 0 Å². The second-order valence-corrected chi connectivity index (χ2v) is 4.42. The fourth-order valence-electron chi connectivity index (χ4n) is 1.99. The third-order valence-corrected chi connectivity index (χ3v) is 2.96. The standard InChI is InChI=1S/C12H24N2/c1-5-6-7-8-13-9-10-14(11(2)3)12(13)4/h9-12H,5-8H2,1-4H3. The molecular weight excluding hydrogens is 172 g/mol. The van der Waals surface area contributed by atoms with Crippen molar-refractivity contribution < 1.29 is 0 Å². The summed E-state index contributed by atoms with van der Waals surface area (Å²) >= 11 is 0. The summed E-state index contributed by atoms with van der Waals surface area (Å²) in [5, 5.41) is 0. The monoisotopic (exact) mass is 196 g/mol. The van der Waals surface area contributed by atoms with E-state index in [9.17, 15) is 0 Å². The predicted octanol–water partition coefficient (Wildman–Crippen LogP) is 3.02. The largest absolute Gasteiger partial charge is 0.356 e. The fourth-order valence-corrected chi connectivity index (χ4v) is 1.99. The molecule has 1 rings (SSSR count). The van der Waals surface area contributed by atoms with Crippen LogP contribution in [0, 0.1) is 0 Å². The van der Waals surface area contributed by atoms with Crippen molar-refractivity contribution in [2.45, 2.75) is 59.2 Å². The predicted molar refractivity (Wildman–Crippen MR) is 61.8 cm³/mol. The molecule has 0 aromatic heterocycles. The summed E-state index contributed by atoms with van der Waals surface area (Å²) in [6.45, 7) is 10.2. The molecule has 2 heteroatoms. The van der Waals surface area contributed by atoms with E-state index >= 15 is 0 Å². The summed E-state index contributed by atoms with van der Waals surface area (Å²) in [4.78, 5) is 4.85. The maximum Gasteiger partial charge on any atom is 0.0980 e. The van der Waals surface area contributed by atoms with Crippen molar-refractivity contribution in [3.05, 3.63) is 12.4 Å². The summed E-state index contributed by atoms with van der Waals surface area (Å²) in [6, 6.07) is 0.609. The van der Waals surface area contributed by atoms with E-state index < -0.39 is 0 Å². The van der Waals surface area contributed by atoms with Crippen LogP contribution >= 0.6 is 0 Å². The third-order valence-electron chi connectivity index (χ3n) is 2.96. The second-order valence-electron chi connectivity index (χ2n) is 4.42. The average Bonchev–Trinajstić information content (AvgIpc) is 2.48. The maximum absolute atomic E-state index is 2.44. The Kier molecular flexibility index (Phi) is 4.30. The maximum atomic E-state index is 2.44. The molecule has 1 aliphatic rings. The van der Waals surface area contributed by atoms with Gasteiger partial charge in [0.2, 0.25) is 0 Å². The Balaban J connectivity index is 2.33. The van der Waals surface area contributed by atoms with E-state index in [0.717, 1.165) is 0 Å². The van der Waals surface area contributed by atoms with Gasteiger partial charge in [-0.1, -0.05) is 19.8 Å². The van der Waals surface area contributed by atoms with Gasteiger partial charge in [-0.2, -0.15) is 0 Å². The first-order valence-corrected chi connectivity index (χ1v) is 5.88. The van der Waals surface area contributed by atoms with Gasteiger partial charge in [0.1, 0.15) is 0 Å². The number of nitrogens with zero attached hydrogens (tertiary/aromatic N) is 2. The first-order chi connectivity index (χ1) is 6.66. The minimum atomic E-state index is 0.548. The van der Waals surface area contributed by atoms with Gasteiger partial charge in [-0.15, -0.1) is 0 Å². The van der Waals surface area contributed by atoms with E-state index in [0.29, 0.717) is 12.2 Å². The summed E-state index contributed by atoms with van der Waals surface area (Å²) in [7, 11) is 0. The van der Waals surface area contributed by atoms with Gasteiger partial charge in [0.05, 0.1) is 6.17 Å². The highest BCUT2D eigenvalue weighted by molar-refractivity contribution is 4.96. The molecule has 0 saturated heterocycles. The average molecular weight is 196 g/mol. The summed E-state index contributed by atoms with van der Waals surface area (Å²) < 4.78 is 0. The smallest absolute Gasteiger partial charge is 0.0980 e. The zero-order valence-corrected chi connectivity index (χ0v) is 10.0. The van der Waals surface area contributed by atoms with Crippen molar-refractivity contribution in [1.29, 1.82) is 0 Å². The molecule has 14 heavy (non-hydrogen) atoms. The highest BCUT2D eigenvalue weighted by atomic mass is 15.4. The van der Waals surface area contributed by atoms with Crippen molar-refractivity contribution in [3.63, 3.8) is 0 Å². The van der Waals surface area contributed by atoms with Crippen LogP contribution in [0.25, 0.3) is 0 Å². The molecule has 0 fully saturated rings. The van der Waals surface area contributed by atoms with Crippen LogP contribution in [0.5, 0.6) is 0 Å². The Labute approximate surface area is 88.6 Å². The van der Waals surface area contributed by atoms with Crippen LogP contribution in [0.2, 0.25) is 0 Å². The molecule has 1 atom stereocenters. The van der Waals surface area contributed by atoms with Gasteiger partial charge in [0.25, 0.3) is 0 Å². The van der Waals surface area contributed by atoms with Gasteiger partial charge in [0, 0.05) is 25.0 Å². The molecule has 0 bridgehead atoms. The molecule has 0 radical (unpaired) electrons. The first-order valence-electron chi connectivity index (χ1n) is 5.88. The zero-order valence-electron chi connectivity index (χ0n) is 10.0. The van der Waals surface area contributed by atoms with Crippen molar-refractivity contribution in [1.82, 2.24) is 9.80 Å². The molecule has 1 unspecified atom stereocenters. The molecule has 1 heterocycles. The Morgan fingerprint density at radius 1 is 1.21 bits per heavy atom. The highest BCUT2D eigenvalue weighted by Crippen LogP contribution is 2.18. The minimum absolute atomic E-state index is 0.548. The molecule has 0 aromatic rings. The molecule has 0 spiro atoms. The Morgan fingerprint density at radius 2 is 1.93 bits per heavy atom. The van der Waals surface area contributed by atoms with E-state index in [1.54, 1.807) is 0 Å². The van der Waals surface area contributed by atoms with Crippen molar-refractivity contribution in [3.8, 4) is 0 Å². The van der Waals surface area contributed by atoms with Crippen molar-refractivity contribution in [2.24, 2.45) is 0 Å². The minimum Gasteiger partial charge on any atom is -0.356 e. The van der Waals surface area contributed by atoms with Crippen molar-refractivity contribution >= 4 is 0 Å². The fraction of sp³-hybridized carbons (Fsp3) is 0.833. The molecule has 0 N–H and O–H groups in total. The highest BCUT2D eigenvalue weighted by Gasteiger charge is 2.22. The number of rotatable bonds is 5. The lowest BCUT2D eigenvalue weighted by atomic mass is 10.2. The van der Waals surface area contributed by atoms with E-state index in [2.05, 4.69) is 49.9 Å². The van der Waals surface area contributed by atoms with Gasteiger partial charge in [-0.3, -0.25) is 0 Å². The molecular formula is C12H24N2. The molecule has 0 saturated carbocycles. The van der Waals surface area contributed by atoms with Gasteiger partial charge < -0.3 is 9.80 Å². The number of hydrogen-bond acceptors (Lipinski definition) is 2. The lowest BCUT2D eigenvalue weighted by Gasteiger charge is -2.32. The molecule has 0 amide bonds. The Hall–Kier alpha value is -0.660. The third kappa shape index (κ3) is 2.66.